The molecule has 0 aromatic carbocycles. The zero-order valence-corrected chi connectivity index (χ0v) is 5.78. The van der Waals surface area contributed by atoms with Gasteiger partial charge in [-0.15, -0.1) is 0 Å². The normalized spacial score (nSPS) is 13.9. The van der Waals surface area contributed by atoms with Gasteiger partial charge < -0.3 is 11.1 Å². The van der Waals surface area contributed by atoms with Crippen LogP contribution >= 0.6 is 0 Å². The molecule has 0 saturated carbocycles. The van der Waals surface area contributed by atoms with Gasteiger partial charge in [0.15, 0.2) is 0 Å². The molecule has 2 nitrogen and oxygen atoms in total. The zero-order valence-electron chi connectivity index (χ0n) is 5.78. The first kappa shape index (κ1) is 7.92. The minimum atomic E-state index is 0.624. The molecular formula is C6H16N2. The Kier molecular flexibility index (Phi) is 5.01. The Bertz CT molecular complexity index is 45.8. The third-order valence-corrected chi connectivity index (χ3v) is 1.25. The topological polar surface area (TPSA) is 38.0 Å². The Morgan fingerprint density at radius 2 is 2.25 bits per heavy atom. The van der Waals surface area contributed by atoms with Gasteiger partial charge in [0, 0.05) is 19.1 Å². The van der Waals surface area contributed by atoms with Crippen molar-refractivity contribution in [2.45, 2.75) is 26.3 Å². The van der Waals surface area contributed by atoms with E-state index in [1.54, 1.807) is 0 Å². The molecule has 0 radical (unpaired) electrons. The molecule has 0 heterocycles. The van der Waals surface area contributed by atoms with Gasteiger partial charge in [-0.05, 0) is 13.3 Å². The Morgan fingerprint density at radius 1 is 1.62 bits per heavy atom. The van der Waals surface area contributed by atoms with Crippen LogP contribution in [0.2, 0.25) is 0 Å². The summed E-state index contributed by atoms with van der Waals surface area (Å²) in [4.78, 5) is 0. The molecule has 0 unspecified atom stereocenters. The summed E-state index contributed by atoms with van der Waals surface area (Å²) in [7, 11) is 0. The van der Waals surface area contributed by atoms with Crippen molar-refractivity contribution in [2.75, 3.05) is 13.1 Å². The lowest BCUT2D eigenvalue weighted by Crippen LogP contribution is -2.30. The maximum atomic E-state index is 5.27. The molecule has 8 heavy (non-hydrogen) atoms. The molecule has 3 N–H and O–H groups in total. The van der Waals surface area contributed by atoms with Crippen molar-refractivity contribution in [2.24, 2.45) is 5.73 Å². The fourth-order valence-electron chi connectivity index (χ4n) is 0.474. The highest BCUT2D eigenvalue weighted by Crippen LogP contribution is 1.84. The van der Waals surface area contributed by atoms with E-state index in [4.69, 9.17) is 5.73 Å². The predicted octanol–water partition coefficient (Wildman–Crippen LogP) is 0.333. The summed E-state index contributed by atoms with van der Waals surface area (Å²) in [5.74, 6) is 0. The fraction of sp³-hybridized carbons (Fsp3) is 1.00. The van der Waals surface area contributed by atoms with E-state index >= 15 is 0 Å². The van der Waals surface area contributed by atoms with Gasteiger partial charge in [0.2, 0.25) is 0 Å². The van der Waals surface area contributed by atoms with Gasteiger partial charge in [0.1, 0.15) is 0 Å². The van der Waals surface area contributed by atoms with Crippen LogP contribution in [-0.4, -0.2) is 19.1 Å². The minimum absolute atomic E-state index is 0.624. The summed E-state index contributed by atoms with van der Waals surface area (Å²) in [6, 6.07) is 0.624. The second-order valence-corrected chi connectivity index (χ2v) is 2.05. The zero-order chi connectivity index (χ0) is 6.41. The lowest BCUT2D eigenvalue weighted by Gasteiger charge is -2.08. The first-order valence-electron chi connectivity index (χ1n) is 3.24. The van der Waals surface area contributed by atoms with E-state index in [1.807, 2.05) is 0 Å². The molecule has 0 bridgehead atoms. The SMILES string of the molecule is CC[C@H](C)NCCN. The van der Waals surface area contributed by atoms with Crippen LogP contribution in [0.15, 0.2) is 0 Å². The van der Waals surface area contributed by atoms with E-state index in [1.165, 1.54) is 6.42 Å². The molecule has 0 aromatic rings. The van der Waals surface area contributed by atoms with Crippen LogP contribution in [0.5, 0.6) is 0 Å². The van der Waals surface area contributed by atoms with Crippen LogP contribution in [0.3, 0.4) is 0 Å². The van der Waals surface area contributed by atoms with Crippen molar-refractivity contribution in [3.8, 4) is 0 Å². The quantitative estimate of drug-likeness (QED) is 0.555. The second-order valence-electron chi connectivity index (χ2n) is 2.05. The molecule has 0 aliphatic rings. The van der Waals surface area contributed by atoms with E-state index < -0.39 is 0 Å². The average molecular weight is 116 g/mol. The fourth-order valence-corrected chi connectivity index (χ4v) is 0.474. The Labute approximate surface area is 51.5 Å². The van der Waals surface area contributed by atoms with Crippen molar-refractivity contribution < 1.29 is 0 Å². The van der Waals surface area contributed by atoms with Crippen LogP contribution in [0.25, 0.3) is 0 Å². The second kappa shape index (κ2) is 5.06. The van der Waals surface area contributed by atoms with Gasteiger partial charge in [-0.1, -0.05) is 6.92 Å². The van der Waals surface area contributed by atoms with E-state index in [0.29, 0.717) is 6.04 Å². The summed E-state index contributed by atoms with van der Waals surface area (Å²) in [6.45, 7) is 6.00. The highest BCUT2D eigenvalue weighted by molar-refractivity contribution is 4.56. The van der Waals surface area contributed by atoms with Crippen molar-refractivity contribution in [3.05, 3.63) is 0 Å². The van der Waals surface area contributed by atoms with E-state index in [-0.39, 0.29) is 0 Å². The lowest BCUT2D eigenvalue weighted by atomic mass is 10.3. The Morgan fingerprint density at radius 3 is 2.62 bits per heavy atom. The number of nitrogens with one attached hydrogen (secondary N) is 1. The maximum Gasteiger partial charge on any atom is 0.00769 e. The number of rotatable bonds is 4. The monoisotopic (exact) mass is 116 g/mol. The van der Waals surface area contributed by atoms with Gasteiger partial charge in [-0.25, -0.2) is 0 Å². The lowest BCUT2D eigenvalue weighted by molar-refractivity contribution is 0.542. The van der Waals surface area contributed by atoms with Gasteiger partial charge >= 0.3 is 0 Å². The third kappa shape index (κ3) is 4.09. The molecular weight excluding hydrogens is 100 g/mol. The standard InChI is InChI=1S/C6H16N2/c1-3-6(2)8-5-4-7/h6,8H,3-5,7H2,1-2H3/t6-/m0/s1. The Balaban J connectivity index is 2.86. The average Bonchev–Trinajstić information content (AvgIpc) is 1.83. The van der Waals surface area contributed by atoms with Crippen molar-refractivity contribution >= 4 is 0 Å². The number of nitrogens with two attached hydrogens (primary N) is 1. The molecule has 0 aliphatic heterocycles. The van der Waals surface area contributed by atoms with E-state index in [9.17, 15) is 0 Å². The van der Waals surface area contributed by atoms with Crippen LogP contribution in [-0.2, 0) is 0 Å². The smallest absolute Gasteiger partial charge is 0.00769 e. The largest absolute Gasteiger partial charge is 0.329 e. The molecule has 50 valence electrons. The Hall–Kier alpha value is -0.0800. The summed E-state index contributed by atoms with van der Waals surface area (Å²) in [5.41, 5.74) is 5.27. The molecule has 1 atom stereocenters. The summed E-state index contributed by atoms with van der Waals surface area (Å²) < 4.78 is 0. The van der Waals surface area contributed by atoms with Gasteiger partial charge in [0.05, 0.1) is 0 Å². The molecule has 0 aliphatic carbocycles. The van der Waals surface area contributed by atoms with Gasteiger partial charge in [-0.3, -0.25) is 0 Å². The van der Waals surface area contributed by atoms with Crippen LogP contribution in [0, 0.1) is 0 Å². The highest BCUT2D eigenvalue weighted by atomic mass is 14.9. The molecule has 0 saturated heterocycles. The van der Waals surface area contributed by atoms with Gasteiger partial charge in [0.25, 0.3) is 0 Å². The molecule has 2 heteroatoms. The first-order valence-corrected chi connectivity index (χ1v) is 3.24. The molecule has 0 fully saturated rings. The summed E-state index contributed by atoms with van der Waals surface area (Å²) in [6.07, 6.45) is 1.18. The minimum Gasteiger partial charge on any atom is -0.329 e. The molecule has 0 rings (SSSR count). The summed E-state index contributed by atoms with van der Waals surface area (Å²) >= 11 is 0. The van der Waals surface area contributed by atoms with E-state index in [0.717, 1.165) is 13.1 Å². The van der Waals surface area contributed by atoms with Crippen LogP contribution in [0.4, 0.5) is 0 Å². The maximum absolute atomic E-state index is 5.27. The van der Waals surface area contributed by atoms with Crippen molar-refractivity contribution in [1.82, 2.24) is 5.32 Å². The number of hydrogen-bond acceptors (Lipinski definition) is 2. The van der Waals surface area contributed by atoms with Crippen LogP contribution < -0.4 is 11.1 Å². The van der Waals surface area contributed by atoms with Crippen molar-refractivity contribution in [1.29, 1.82) is 0 Å². The molecule has 0 aromatic heterocycles. The third-order valence-electron chi connectivity index (χ3n) is 1.25. The summed E-state index contributed by atoms with van der Waals surface area (Å²) in [5, 5.41) is 3.26. The molecule has 0 amide bonds. The van der Waals surface area contributed by atoms with Gasteiger partial charge in [-0.2, -0.15) is 0 Å². The first-order chi connectivity index (χ1) is 3.81. The van der Waals surface area contributed by atoms with E-state index in [2.05, 4.69) is 19.2 Å². The predicted molar refractivity (Wildman–Crippen MR) is 36.8 cm³/mol. The molecule has 0 spiro atoms. The van der Waals surface area contributed by atoms with Crippen molar-refractivity contribution in [3.63, 3.8) is 0 Å². The highest BCUT2D eigenvalue weighted by Gasteiger charge is 1.92. The van der Waals surface area contributed by atoms with Crippen LogP contribution in [0.1, 0.15) is 20.3 Å². The number of hydrogen-bond donors (Lipinski definition) is 2.